The van der Waals surface area contributed by atoms with Crippen LogP contribution in [0.3, 0.4) is 0 Å². The van der Waals surface area contributed by atoms with Gasteiger partial charge in [-0.25, -0.2) is 4.39 Å². The summed E-state index contributed by atoms with van der Waals surface area (Å²) in [5, 5.41) is 3.31. The van der Waals surface area contributed by atoms with Crippen molar-refractivity contribution in [2.75, 3.05) is 0 Å². The van der Waals surface area contributed by atoms with Crippen molar-refractivity contribution in [2.24, 2.45) is 0 Å². The molecule has 0 amide bonds. The molecule has 0 aliphatic rings. The van der Waals surface area contributed by atoms with E-state index in [1.54, 1.807) is 23.5 Å². The van der Waals surface area contributed by atoms with Gasteiger partial charge >= 0.3 is 0 Å². The van der Waals surface area contributed by atoms with Crippen molar-refractivity contribution in [2.45, 2.75) is 4.83 Å². The first-order chi connectivity index (χ1) is 9.58. The van der Waals surface area contributed by atoms with E-state index in [9.17, 15) is 4.39 Å². The summed E-state index contributed by atoms with van der Waals surface area (Å²) < 4.78 is 16.5. The van der Waals surface area contributed by atoms with Crippen LogP contribution in [0.5, 0.6) is 0 Å². The lowest BCUT2D eigenvalue weighted by atomic mass is 10.0. The standard InChI is InChI=1S/C15H8Br3FS/c16-11-5-4-8(6-13(11)19)14(18)10-7-20-15-9(10)2-1-3-12(15)17/h1-7,14H. The van der Waals surface area contributed by atoms with E-state index in [0.29, 0.717) is 4.47 Å². The molecule has 1 unspecified atom stereocenters. The van der Waals surface area contributed by atoms with Crippen LogP contribution in [0.4, 0.5) is 4.39 Å². The molecule has 20 heavy (non-hydrogen) atoms. The van der Waals surface area contributed by atoms with Crippen molar-refractivity contribution in [1.82, 2.24) is 0 Å². The van der Waals surface area contributed by atoms with Gasteiger partial charge in [-0.1, -0.05) is 34.1 Å². The summed E-state index contributed by atoms with van der Waals surface area (Å²) in [4.78, 5) is -0.0202. The average molecular weight is 479 g/mol. The third-order valence-corrected chi connectivity index (χ3v) is 6.73. The van der Waals surface area contributed by atoms with E-state index in [-0.39, 0.29) is 10.6 Å². The van der Waals surface area contributed by atoms with Crippen LogP contribution < -0.4 is 0 Å². The van der Waals surface area contributed by atoms with Gasteiger partial charge in [0.1, 0.15) is 5.82 Å². The Kier molecular flexibility index (Phi) is 4.32. The van der Waals surface area contributed by atoms with Crippen molar-refractivity contribution in [3.63, 3.8) is 0 Å². The second-order valence-electron chi connectivity index (χ2n) is 4.34. The maximum atomic E-state index is 13.7. The topological polar surface area (TPSA) is 0 Å². The van der Waals surface area contributed by atoms with E-state index in [2.05, 4.69) is 59.2 Å². The quantitative estimate of drug-likeness (QED) is 0.346. The summed E-state index contributed by atoms with van der Waals surface area (Å²) in [7, 11) is 0. The molecule has 1 aromatic heterocycles. The first kappa shape index (κ1) is 14.7. The minimum absolute atomic E-state index is 0.0202. The van der Waals surface area contributed by atoms with Gasteiger partial charge in [0.15, 0.2) is 0 Å². The monoisotopic (exact) mass is 476 g/mol. The van der Waals surface area contributed by atoms with Crippen molar-refractivity contribution >= 4 is 69.2 Å². The first-order valence-corrected chi connectivity index (χ1v) is 9.20. The number of benzene rings is 2. The summed E-state index contributed by atoms with van der Waals surface area (Å²) >= 11 is 12.1. The lowest BCUT2D eigenvalue weighted by Gasteiger charge is -2.10. The average Bonchev–Trinajstić information content (AvgIpc) is 2.86. The van der Waals surface area contributed by atoms with Crippen LogP contribution in [0.1, 0.15) is 16.0 Å². The van der Waals surface area contributed by atoms with Gasteiger partial charge in [0.2, 0.25) is 0 Å². The van der Waals surface area contributed by atoms with Crippen molar-refractivity contribution in [3.05, 3.63) is 67.7 Å². The molecule has 0 bridgehead atoms. The Morgan fingerprint density at radius 1 is 1.05 bits per heavy atom. The van der Waals surface area contributed by atoms with Gasteiger partial charge < -0.3 is 0 Å². The summed E-state index contributed by atoms with van der Waals surface area (Å²) in [6.07, 6.45) is 0. The predicted molar refractivity (Wildman–Crippen MR) is 94.4 cm³/mol. The van der Waals surface area contributed by atoms with E-state index >= 15 is 0 Å². The van der Waals surface area contributed by atoms with Crippen molar-refractivity contribution in [3.8, 4) is 0 Å². The summed E-state index contributed by atoms with van der Waals surface area (Å²) in [6.45, 7) is 0. The molecule has 1 atom stereocenters. The molecule has 5 heteroatoms. The Balaban J connectivity index is 2.10. The maximum Gasteiger partial charge on any atom is 0.137 e. The highest BCUT2D eigenvalue weighted by atomic mass is 79.9. The minimum Gasteiger partial charge on any atom is -0.206 e. The van der Waals surface area contributed by atoms with Crippen LogP contribution >= 0.6 is 59.1 Å². The Bertz CT molecular complexity index is 782. The molecule has 1 heterocycles. The summed E-state index contributed by atoms with van der Waals surface area (Å²) in [5.41, 5.74) is 2.07. The van der Waals surface area contributed by atoms with Gasteiger partial charge in [-0.05, 0) is 72.0 Å². The number of rotatable bonds is 2. The SMILES string of the molecule is Fc1cc(C(Br)c2csc3c(Br)cccc23)ccc1Br. The Morgan fingerprint density at radius 3 is 2.60 bits per heavy atom. The molecular formula is C15H8Br3FS. The van der Waals surface area contributed by atoms with Crippen LogP contribution in [-0.4, -0.2) is 0 Å². The van der Waals surface area contributed by atoms with Crippen LogP contribution in [0.2, 0.25) is 0 Å². The van der Waals surface area contributed by atoms with E-state index in [0.717, 1.165) is 15.6 Å². The summed E-state index contributed by atoms with van der Waals surface area (Å²) in [5.74, 6) is -0.243. The Labute approximate surface area is 145 Å². The van der Waals surface area contributed by atoms with Gasteiger partial charge in [0.05, 0.1) is 9.30 Å². The molecule has 0 aliphatic heterocycles. The molecule has 2 aromatic carbocycles. The van der Waals surface area contributed by atoms with Crippen molar-refractivity contribution in [1.29, 1.82) is 0 Å². The zero-order valence-corrected chi connectivity index (χ0v) is 15.6. The van der Waals surface area contributed by atoms with E-state index in [1.807, 2.05) is 18.2 Å². The fraction of sp³-hybridized carbons (Fsp3) is 0.0667. The Morgan fingerprint density at radius 2 is 1.85 bits per heavy atom. The molecule has 0 fully saturated rings. The van der Waals surface area contributed by atoms with Gasteiger partial charge in [-0.3, -0.25) is 0 Å². The van der Waals surface area contributed by atoms with Gasteiger partial charge in [0.25, 0.3) is 0 Å². The van der Waals surface area contributed by atoms with E-state index in [4.69, 9.17) is 0 Å². The predicted octanol–water partition coefficient (Wildman–Crippen LogP) is 7.05. The number of hydrogen-bond acceptors (Lipinski definition) is 1. The smallest absolute Gasteiger partial charge is 0.137 e. The van der Waals surface area contributed by atoms with Gasteiger partial charge in [0, 0.05) is 9.17 Å². The van der Waals surface area contributed by atoms with Gasteiger partial charge in [-0.2, -0.15) is 0 Å². The lowest BCUT2D eigenvalue weighted by molar-refractivity contribution is 0.619. The summed E-state index contributed by atoms with van der Waals surface area (Å²) in [6, 6.07) is 11.4. The molecule has 0 radical (unpaired) electrons. The number of thiophene rings is 1. The molecule has 0 aliphatic carbocycles. The normalized spacial score (nSPS) is 12.8. The lowest BCUT2D eigenvalue weighted by Crippen LogP contribution is -1.93. The first-order valence-electron chi connectivity index (χ1n) is 5.82. The highest BCUT2D eigenvalue weighted by Gasteiger charge is 2.17. The molecule has 3 rings (SSSR count). The molecule has 0 saturated heterocycles. The van der Waals surface area contributed by atoms with Crippen LogP contribution in [0, 0.1) is 5.82 Å². The van der Waals surface area contributed by atoms with E-state index in [1.165, 1.54) is 10.1 Å². The highest BCUT2D eigenvalue weighted by molar-refractivity contribution is 9.11. The van der Waals surface area contributed by atoms with Crippen molar-refractivity contribution < 1.29 is 4.39 Å². The molecule has 102 valence electrons. The zero-order valence-electron chi connectivity index (χ0n) is 10.0. The second-order valence-corrected chi connectivity index (χ2v) is 7.85. The maximum absolute atomic E-state index is 13.7. The van der Waals surface area contributed by atoms with Crippen LogP contribution in [0.15, 0.2) is 50.7 Å². The van der Waals surface area contributed by atoms with Gasteiger partial charge in [-0.15, -0.1) is 11.3 Å². The molecular weight excluding hydrogens is 471 g/mol. The fourth-order valence-electron chi connectivity index (χ4n) is 2.09. The van der Waals surface area contributed by atoms with E-state index < -0.39 is 0 Å². The zero-order chi connectivity index (χ0) is 14.3. The number of alkyl halides is 1. The molecule has 0 nitrogen and oxygen atoms in total. The molecule has 3 aromatic rings. The fourth-order valence-corrected chi connectivity index (χ4v) is 4.82. The number of fused-ring (bicyclic) bond motifs is 1. The van der Waals surface area contributed by atoms with Crippen LogP contribution in [-0.2, 0) is 0 Å². The molecule has 0 spiro atoms. The van der Waals surface area contributed by atoms with Crippen LogP contribution in [0.25, 0.3) is 10.1 Å². The minimum atomic E-state index is -0.243. The Hall–Kier alpha value is -0.230. The second kappa shape index (κ2) is 5.87. The third kappa shape index (κ3) is 2.61. The largest absolute Gasteiger partial charge is 0.206 e. The number of hydrogen-bond donors (Lipinski definition) is 0. The highest BCUT2D eigenvalue weighted by Crippen LogP contribution is 2.41. The molecule has 0 N–H and O–H groups in total. The molecule has 0 saturated carbocycles. The number of halogens is 4. The third-order valence-electron chi connectivity index (χ3n) is 3.09.